The van der Waals surface area contributed by atoms with Crippen molar-refractivity contribution in [3.63, 3.8) is 0 Å². The summed E-state index contributed by atoms with van der Waals surface area (Å²) in [6.45, 7) is 1.46. The van der Waals surface area contributed by atoms with Crippen molar-refractivity contribution in [2.24, 2.45) is 5.41 Å². The van der Waals surface area contributed by atoms with E-state index < -0.39 is 34.2 Å². The SMILES string of the molecule is CC(NC(=O)c1cccc([N+](=O)[O-])c1)C(=O)NCC1(C(=O)O)CC1. The van der Waals surface area contributed by atoms with E-state index in [1.54, 1.807) is 0 Å². The fraction of sp³-hybridized carbons (Fsp3) is 0.400. The van der Waals surface area contributed by atoms with Crippen LogP contribution in [-0.4, -0.2) is 40.4 Å². The zero-order valence-corrected chi connectivity index (χ0v) is 12.9. The van der Waals surface area contributed by atoms with Gasteiger partial charge in [0.15, 0.2) is 0 Å². The van der Waals surface area contributed by atoms with Gasteiger partial charge in [0.25, 0.3) is 11.6 Å². The highest BCUT2D eigenvalue weighted by molar-refractivity contribution is 5.98. The molecule has 0 bridgehead atoms. The Hall–Kier alpha value is -2.97. The third-order valence-corrected chi connectivity index (χ3v) is 3.97. The summed E-state index contributed by atoms with van der Waals surface area (Å²) in [5.74, 6) is -2.09. The van der Waals surface area contributed by atoms with E-state index in [2.05, 4.69) is 10.6 Å². The summed E-state index contributed by atoms with van der Waals surface area (Å²) in [6.07, 6.45) is 1.02. The van der Waals surface area contributed by atoms with E-state index in [-0.39, 0.29) is 17.8 Å². The Morgan fingerprint density at radius 3 is 2.58 bits per heavy atom. The number of carbonyl (C=O) groups is 3. The number of benzene rings is 1. The standard InChI is InChI=1S/C15H17N3O6/c1-9(12(19)16-8-15(5-6-15)14(21)22)17-13(20)10-3-2-4-11(7-10)18(23)24/h2-4,7,9H,5-6,8H2,1H3,(H,16,19)(H,17,20)(H,21,22). The van der Waals surface area contributed by atoms with Crippen LogP contribution < -0.4 is 10.6 Å². The number of nitro benzene ring substituents is 1. The van der Waals surface area contributed by atoms with Crippen LogP contribution >= 0.6 is 0 Å². The Morgan fingerprint density at radius 2 is 2.04 bits per heavy atom. The highest BCUT2D eigenvalue weighted by Crippen LogP contribution is 2.45. The second kappa shape index (κ2) is 6.65. The molecule has 9 nitrogen and oxygen atoms in total. The molecule has 2 rings (SSSR count). The number of nitrogens with zero attached hydrogens (tertiary/aromatic N) is 1. The first-order chi connectivity index (χ1) is 11.2. The summed E-state index contributed by atoms with van der Waals surface area (Å²) < 4.78 is 0. The first-order valence-corrected chi connectivity index (χ1v) is 7.32. The predicted octanol–water partition coefficient (Wildman–Crippen LogP) is 0.694. The van der Waals surface area contributed by atoms with Crippen LogP contribution in [-0.2, 0) is 9.59 Å². The highest BCUT2D eigenvalue weighted by Gasteiger charge is 2.50. The summed E-state index contributed by atoms with van der Waals surface area (Å²) in [4.78, 5) is 45.1. The van der Waals surface area contributed by atoms with Gasteiger partial charge in [0, 0.05) is 24.2 Å². The molecule has 1 aromatic rings. The Morgan fingerprint density at radius 1 is 1.38 bits per heavy atom. The van der Waals surface area contributed by atoms with Crippen LogP contribution in [0.2, 0.25) is 0 Å². The van der Waals surface area contributed by atoms with Crippen LogP contribution in [0.5, 0.6) is 0 Å². The molecular weight excluding hydrogens is 318 g/mol. The molecule has 1 atom stereocenters. The molecule has 1 fully saturated rings. The van der Waals surface area contributed by atoms with Crippen LogP contribution in [0.25, 0.3) is 0 Å². The minimum atomic E-state index is -0.948. The van der Waals surface area contributed by atoms with Crippen molar-refractivity contribution >= 4 is 23.5 Å². The summed E-state index contributed by atoms with van der Waals surface area (Å²) in [7, 11) is 0. The van der Waals surface area contributed by atoms with Crippen LogP contribution in [0.3, 0.4) is 0 Å². The van der Waals surface area contributed by atoms with E-state index in [0.717, 1.165) is 6.07 Å². The normalized spacial score (nSPS) is 15.9. The number of nitro groups is 1. The number of carbonyl (C=O) groups excluding carboxylic acids is 2. The fourth-order valence-electron chi connectivity index (χ4n) is 2.13. The van der Waals surface area contributed by atoms with Crippen molar-refractivity contribution in [3.05, 3.63) is 39.9 Å². The summed E-state index contributed by atoms with van der Waals surface area (Å²) in [5.41, 5.74) is -1.05. The Bertz CT molecular complexity index is 698. The molecule has 0 aromatic heterocycles. The van der Waals surface area contributed by atoms with E-state index in [4.69, 9.17) is 5.11 Å². The zero-order valence-electron chi connectivity index (χ0n) is 12.9. The Kier molecular flexibility index (Phi) is 4.82. The number of nitrogens with one attached hydrogen (secondary N) is 2. The van der Waals surface area contributed by atoms with Gasteiger partial charge in [-0.25, -0.2) is 0 Å². The van der Waals surface area contributed by atoms with E-state index in [0.29, 0.717) is 12.8 Å². The average Bonchev–Trinajstić information content (AvgIpc) is 3.33. The van der Waals surface area contributed by atoms with Crippen molar-refractivity contribution in [3.8, 4) is 0 Å². The summed E-state index contributed by atoms with van der Waals surface area (Å²) in [5, 5.41) is 24.7. The average molecular weight is 335 g/mol. The number of non-ortho nitro benzene ring substituents is 1. The van der Waals surface area contributed by atoms with E-state index in [1.807, 2.05) is 0 Å². The van der Waals surface area contributed by atoms with Crippen LogP contribution in [0.15, 0.2) is 24.3 Å². The van der Waals surface area contributed by atoms with E-state index >= 15 is 0 Å². The molecule has 0 aliphatic heterocycles. The van der Waals surface area contributed by atoms with Gasteiger partial charge in [-0.05, 0) is 25.8 Å². The monoisotopic (exact) mass is 335 g/mol. The summed E-state index contributed by atoms with van der Waals surface area (Å²) >= 11 is 0. The smallest absolute Gasteiger partial charge is 0.311 e. The molecular formula is C15H17N3O6. The molecule has 1 aliphatic carbocycles. The zero-order chi connectivity index (χ0) is 17.9. The quantitative estimate of drug-likeness (QED) is 0.495. The third kappa shape index (κ3) is 3.86. The lowest BCUT2D eigenvalue weighted by atomic mass is 10.1. The number of aliphatic carboxylic acids is 1. The molecule has 0 radical (unpaired) electrons. The molecule has 9 heteroatoms. The summed E-state index contributed by atoms with van der Waals surface area (Å²) in [6, 6.07) is 4.25. The van der Waals surface area contributed by atoms with Gasteiger partial charge in [0.05, 0.1) is 10.3 Å². The van der Waals surface area contributed by atoms with E-state index in [1.165, 1.54) is 25.1 Å². The van der Waals surface area contributed by atoms with Crippen LogP contribution in [0, 0.1) is 15.5 Å². The number of carboxylic acids is 1. The van der Waals surface area contributed by atoms with Gasteiger partial charge in [-0.2, -0.15) is 0 Å². The number of carboxylic acid groups (broad SMARTS) is 1. The molecule has 128 valence electrons. The first kappa shape index (κ1) is 17.4. The number of rotatable bonds is 7. The third-order valence-electron chi connectivity index (χ3n) is 3.97. The highest BCUT2D eigenvalue weighted by atomic mass is 16.6. The molecule has 0 heterocycles. The fourth-order valence-corrected chi connectivity index (χ4v) is 2.13. The lowest BCUT2D eigenvalue weighted by Crippen LogP contribution is -2.47. The van der Waals surface area contributed by atoms with Crippen molar-refractivity contribution in [2.75, 3.05) is 6.54 Å². The predicted molar refractivity (Wildman–Crippen MR) is 82.3 cm³/mol. The van der Waals surface area contributed by atoms with Crippen molar-refractivity contribution in [1.82, 2.24) is 10.6 Å². The van der Waals surface area contributed by atoms with Crippen LogP contribution in [0.4, 0.5) is 5.69 Å². The largest absolute Gasteiger partial charge is 0.481 e. The molecule has 2 amide bonds. The first-order valence-electron chi connectivity index (χ1n) is 7.32. The Labute approximate surface area is 137 Å². The van der Waals surface area contributed by atoms with Crippen LogP contribution in [0.1, 0.15) is 30.1 Å². The maximum Gasteiger partial charge on any atom is 0.311 e. The van der Waals surface area contributed by atoms with Crippen molar-refractivity contribution in [1.29, 1.82) is 0 Å². The molecule has 3 N–H and O–H groups in total. The molecule has 1 saturated carbocycles. The minimum Gasteiger partial charge on any atom is -0.481 e. The lowest BCUT2D eigenvalue weighted by molar-refractivity contribution is -0.384. The number of amides is 2. The van der Waals surface area contributed by atoms with E-state index in [9.17, 15) is 24.5 Å². The van der Waals surface area contributed by atoms with Gasteiger partial charge in [-0.15, -0.1) is 0 Å². The van der Waals surface area contributed by atoms with Crippen molar-refractivity contribution < 1.29 is 24.4 Å². The second-order valence-corrected chi connectivity index (χ2v) is 5.81. The molecule has 1 unspecified atom stereocenters. The van der Waals surface area contributed by atoms with Gasteiger partial charge in [-0.3, -0.25) is 24.5 Å². The lowest BCUT2D eigenvalue weighted by Gasteiger charge is -2.16. The minimum absolute atomic E-state index is 0.0121. The number of hydrogen-bond acceptors (Lipinski definition) is 5. The van der Waals surface area contributed by atoms with Gasteiger partial charge in [0.2, 0.25) is 5.91 Å². The topological polar surface area (TPSA) is 139 Å². The maximum atomic E-state index is 12.0. The Balaban J connectivity index is 1.91. The molecule has 1 aliphatic rings. The molecule has 0 saturated heterocycles. The van der Waals surface area contributed by atoms with Gasteiger partial charge < -0.3 is 15.7 Å². The van der Waals surface area contributed by atoms with Crippen molar-refractivity contribution in [2.45, 2.75) is 25.8 Å². The number of hydrogen-bond donors (Lipinski definition) is 3. The molecule has 0 spiro atoms. The van der Waals surface area contributed by atoms with Gasteiger partial charge in [-0.1, -0.05) is 6.07 Å². The maximum absolute atomic E-state index is 12.0. The molecule has 24 heavy (non-hydrogen) atoms. The second-order valence-electron chi connectivity index (χ2n) is 5.81. The molecule has 1 aromatic carbocycles. The van der Waals surface area contributed by atoms with Gasteiger partial charge >= 0.3 is 5.97 Å². The van der Waals surface area contributed by atoms with Gasteiger partial charge in [0.1, 0.15) is 6.04 Å².